The fourth-order valence-electron chi connectivity index (χ4n) is 2.48. The van der Waals surface area contributed by atoms with Crippen LogP contribution in [0.4, 0.5) is 0 Å². The fraction of sp³-hybridized carbons (Fsp3) is 0.364. The van der Waals surface area contributed by atoms with Gasteiger partial charge in [0.15, 0.2) is 5.96 Å². The van der Waals surface area contributed by atoms with Crippen molar-refractivity contribution in [1.29, 1.82) is 0 Å². The molecule has 150 valence electrons. The molecule has 1 amide bonds. The Morgan fingerprint density at radius 2 is 1.64 bits per heavy atom. The van der Waals surface area contributed by atoms with Crippen molar-refractivity contribution in [2.24, 2.45) is 4.99 Å². The van der Waals surface area contributed by atoms with Crippen molar-refractivity contribution in [2.45, 2.75) is 6.42 Å². The van der Waals surface area contributed by atoms with Crippen LogP contribution in [0.3, 0.4) is 0 Å². The fourth-order valence-corrected chi connectivity index (χ4v) is 2.48. The predicted molar refractivity (Wildman–Crippen MR) is 114 cm³/mol. The molecular formula is C22H30N4O2. The number of ether oxygens (including phenoxy) is 1. The SMILES string of the molecule is CN(C)C(=O)CN=C(NCCc1ccccc1)N(C)CCOc1ccccc1. The van der Waals surface area contributed by atoms with Gasteiger partial charge >= 0.3 is 0 Å². The lowest BCUT2D eigenvalue weighted by atomic mass is 10.1. The number of nitrogens with zero attached hydrogens (tertiary/aromatic N) is 3. The Labute approximate surface area is 167 Å². The topological polar surface area (TPSA) is 57.2 Å². The third-order valence-electron chi connectivity index (χ3n) is 4.20. The van der Waals surface area contributed by atoms with E-state index in [1.165, 1.54) is 5.56 Å². The van der Waals surface area contributed by atoms with Crippen molar-refractivity contribution in [3.63, 3.8) is 0 Å². The molecule has 0 aliphatic rings. The number of nitrogens with one attached hydrogen (secondary N) is 1. The number of carbonyl (C=O) groups is 1. The van der Waals surface area contributed by atoms with Gasteiger partial charge in [-0.25, -0.2) is 4.99 Å². The summed E-state index contributed by atoms with van der Waals surface area (Å²) < 4.78 is 5.76. The van der Waals surface area contributed by atoms with E-state index in [4.69, 9.17) is 4.74 Å². The van der Waals surface area contributed by atoms with Gasteiger partial charge in [-0.15, -0.1) is 0 Å². The van der Waals surface area contributed by atoms with E-state index in [1.54, 1.807) is 19.0 Å². The molecule has 2 aromatic carbocycles. The molecule has 2 rings (SSSR count). The summed E-state index contributed by atoms with van der Waals surface area (Å²) in [6.45, 7) is 2.04. The molecule has 0 atom stereocenters. The summed E-state index contributed by atoms with van der Waals surface area (Å²) in [6.07, 6.45) is 0.885. The zero-order chi connectivity index (χ0) is 20.2. The molecule has 0 heterocycles. The van der Waals surface area contributed by atoms with Crippen LogP contribution < -0.4 is 10.1 Å². The highest BCUT2D eigenvalue weighted by molar-refractivity contribution is 5.84. The van der Waals surface area contributed by atoms with Crippen LogP contribution in [0.5, 0.6) is 5.75 Å². The summed E-state index contributed by atoms with van der Waals surface area (Å²) in [4.78, 5) is 19.9. The molecule has 0 aliphatic carbocycles. The molecular weight excluding hydrogens is 352 g/mol. The highest BCUT2D eigenvalue weighted by Crippen LogP contribution is 2.07. The van der Waals surface area contributed by atoms with Crippen molar-refractivity contribution in [3.05, 3.63) is 66.2 Å². The summed E-state index contributed by atoms with van der Waals surface area (Å²) in [7, 11) is 5.42. The Kier molecular flexibility index (Phi) is 8.85. The maximum atomic E-state index is 11.9. The molecule has 28 heavy (non-hydrogen) atoms. The molecule has 1 N–H and O–H groups in total. The maximum Gasteiger partial charge on any atom is 0.243 e. The van der Waals surface area contributed by atoms with Crippen molar-refractivity contribution >= 4 is 11.9 Å². The number of para-hydroxylation sites is 1. The molecule has 0 unspecified atom stereocenters. The Morgan fingerprint density at radius 1 is 1.00 bits per heavy atom. The Hall–Kier alpha value is -3.02. The lowest BCUT2D eigenvalue weighted by Gasteiger charge is -2.23. The van der Waals surface area contributed by atoms with E-state index < -0.39 is 0 Å². The Bertz CT molecular complexity index is 733. The van der Waals surface area contributed by atoms with E-state index in [0.717, 1.165) is 18.7 Å². The van der Waals surface area contributed by atoms with Gasteiger partial charge in [0.05, 0.1) is 6.54 Å². The molecule has 0 bridgehead atoms. The molecule has 0 aromatic heterocycles. The van der Waals surface area contributed by atoms with Crippen LogP contribution in [0.15, 0.2) is 65.7 Å². The first-order valence-electron chi connectivity index (χ1n) is 9.47. The van der Waals surface area contributed by atoms with Gasteiger partial charge in [-0.1, -0.05) is 48.5 Å². The number of hydrogen-bond acceptors (Lipinski definition) is 3. The van der Waals surface area contributed by atoms with E-state index >= 15 is 0 Å². The predicted octanol–water partition coefficient (Wildman–Crippen LogP) is 2.27. The molecule has 0 saturated heterocycles. The molecule has 2 aromatic rings. The summed E-state index contributed by atoms with van der Waals surface area (Å²) in [5, 5.41) is 3.36. The minimum Gasteiger partial charge on any atom is -0.492 e. The highest BCUT2D eigenvalue weighted by Gasteiger charge is 2.09. The van der Waals surface area contributed by atoms with Crippen LogP contribution >= 0.6 is 0 Å². The molecule has 0 saturated carbocycles. The normalized spacial score (nSPS) is 11.0. The number of aliphatic imine (C=N–C) groups is 1. The van der Waals surface area contributed by atoms with E-state index in [-0.39, 0.29) is 12.5 Å². The van der Waals surface area contributed by atoms with Crippen LogP contribution in [0.25, 0.3) is 0 Å². The zero-order valence-electron chi connectivity index (χ0n) is 17.0. The number of likely N-dealkylation sites (N-methyl/N-ethyl adjacent to an activating group) is 2. The largest absolute Gasteiger partial charge is 0.492 e. The minimum atomic E-state index is -0.0312. The van der Waals surface area contributed by atoms with E-state index in [2.05, 4.69) is 22.4 Å². The zero-order valence-corrected chi connectivity index (χ0v) is 17.0. The van der Waals surface area contributed by atoms with Gasteiger partial charge in [0.2, 0.25) is 5.91 Å². The summed E-state index contributed by atoms with van der Waals surface area (Å²) in [6, 6.07) is 20.0. The van der Waals surface area contributed by atoms with E-state index in [1.807, 2.05) is 60.5 Å². The van der Waals surface area contributed by atoms with E-state index in [9.17, 15) is 4.79 Å². The van der Waals surface area contributed by atoms with Crippen molar-refractivity contribution in [3.8, 4) is 5.75 Å². The van der Waals surface area contributed by atoms with Crippen LogP contribution in [0.1, 0.15) is 5.56 Å². The van der Waals surface area contributed by atoms with Gasteiger partial charge in [-0.05, 0) is 24.1 Å². The standard InChI is InChI=1S/C22H30N4O2/c1-25(2)21(27)18-24-22(23-15-14-19-10-6-4-7-11-19)26(3)16-17-28-20-12-8-5-9-13-20/h4-13H,14-18H2,1-3H3,(H,23,24). The van der Waals surface area contributed by atoms with Crippen LogP contribution in [-0.2, 0) is 11.2 Å². The smallest absolute Gasteiger partial charge is 0.243 e. The third-order valence-corrected chi connectivity index (χ3v) is 4.20. The lowest BCUT2D eigenvalue weighted by Crippen LogP contribution is -2.42. The monoisotopic (exact) mass is 382 g/mol. The molecule has 0 aliphatic heterocycles. The maximum absolute atomic E-state index is 11.9. The summed E-state index contributed by atoms with van der Waals surface area (Å²) in [5.41, 5.74) is 1.26. The Morgan fingerprint density at radius 3 is 2.29 bits per heavy atom. The lowest BCUT2D eigenvalue weighted by molar-refractivity contribution is -0.127. The quantitative estimate of drug-likeness (QED) is 0.534. The number of hydrogen-bond donors (Lipinski definition) is 1. The van der Waals surface area contributed by atoms with Gasteiger partial charge in [0.25, 0.3) is 0 Å². The first kappa shape index (κ1) is 21.3. The van der Waals surface area contributed by atoms with Crippen molar-refractivity contribution in [2.75, 3.05) is 47.4 Å². The number of amides is 1. The van der Waals surface area contributed by atoms with E-state index in [0.29, 0.717) is 19.1 Å². The van der Waals surface area contributed by atoms with Crippen LogP contribution in [0, 0.1) is 0 Å². The second-order valence-corrected chi connectivity index (χ2v) is 6.67. The Balaban J connectivity index is 1.89. The number of rotatable bonds is 9. The second kappa shape index (κ2) is 11.6. The molecule has 0 fully saturated rings. The molecule has 0 radical (unpaired) electrons. The summed E-state index contributed by atoms with van der Waals surface area (Å²) in [5.74, 6) is 1.51. The van der Waals surface area contributed by atoms with Gasteiger partial charge in [0, 0.05) is 27.7 Å². The average molecular weight is 383 g/mol. The highest BCUT2D eigenvalue weighted by atomic mass is 16.5. The van der Waals surface area contributed by atoms with Crippen molar-refractivity contribution < 1.29 is 9.53 Å². The van der Waals surface area contributed by atoms with Crippen molar-refractivity contribution in [1.82, 2.24) is 15.1 Å². The molecule has 6 heteroatoms. The second-order valence-electron chi connectivity index (χ2n) is 6.67. The average Bonchev–Trinajstić information content (AvgIpc) is 2.71. The number of guanidine groups is 1. The van der Waals surface area contributed by atoms with Gasteiger partial charge in [0.1, 0.15) is 18.9 Å². The molecule has 0 spiro atoms. The van der Waals surface area contributed by atoms with Gasteiger partial charge in [-0.2, -0.15) is 0 Å². The van der Waals surface area contributed by atoms with Gasteiger partial charge < -0.3 is 19.9 Å². The minimum absolute atomic E-state index is 0.0312. The molecule has 6 nitrogen and oxygen atoms in total. The number of benzene rings is 2. The first-order valence-corrected chi connectivity index (χ1v) is 9.47. The number of carbonyl (C=O) groups excluding carboxylic acids is 1. The third kappa shape index (κ3) is 7.70. The van der Waals surface area contributed by atoms with Gasteiger partial charge in [-0.3, -0.25) is 4.79 Å². The van der Waals surface area contributed by atoms with Crippen LogP contribution in [-0.4, -0.2) is 69.1 Å². The first-order chi connectivity index (χ1) is 13.6. The van der Waals surface area contributed by atoms with Crippen LogP contribution in [0.2, 0.25) is 0 Å². The summed E-state index contributed by atoms with van der Waals surface area (Å²) >= 11 is 0.